The molecule has 1 fully saturated rings. The number of likely N-dealkylation sites (N-methyl/N-ethyl adjacent to an activating group) is 2. The van der Waals surface area contributed by atoms with Crippen molar-refractivity contribution in [2.45, 2.75) is 26.2 Å². The maximum atomic E-state index is 12.4. The molecule has 0 amide bonds. The summed E-state index contributed by atoms with van der Waals surface area (Å²) >= 11 is 0. The highest BCUT2D eigenvalue weighted by Crippen LogP contribution is 2.20. The molecule has 0 aromatic carbocycles. The quantitative estimate of drug-likeness (QED) is 0.574. The molecule has 5 nitrogen and oxygen atoms in total. The first-order valence-electron chi connectivity index (χ1n) is 7.84. The smallest absolute Gasteiger partial charge is 0.214 e. The van der Waals surface area contributed by atoms with Crippen molar-refractivity contribution in [2.75, 3.05) is 52.2 Å². The Balaban J connectivity index is 2.42. The highest BCUT2D eigenvalue weighted by Gasteiger charge is 2.23. The molecule has 124 valence electrons. The zero-order valence-electron chi connectivity index (χ0n) is 13.5. The standard InChI is InChI=1S/C15H30N2O3S/c1-4-9-16(3)10-11-17(5-2)21(18,19)14-8-15-6-12-20-13-7-15/h4,15H,1,5-14H2,2-3H3. The van der Waals surface area contributed by atoms with Gasteiger partial charge in [-0.15, -0.1) is 6.58 Å². The fourth-order valence-electron chi connectivity index (χ4n) is 2.57. The van der Waals surface area contributed by atoms with E-state index >= 15 is 0 Å². The highest BCUT2D eigenvalue weighted by atomic mass is 32.2. The first-order chi connectivity index (χ1) is 9.99. The van der Waals surface area contributed by atoms with Crippen molar-refractivity contribution in [1.29, 1.82) is 0 Å². The molecule has 0 aliphatic carbocycles. The Hall–Kier alpha value is -0.430. The Morgan fingerprint density at radius 2 is 1.95 bits per heavy atom. The molecule has 0 atom stereocenters. The van der Waals surface area contributed by atoms with E-state index < -0.39 is 10.0 Å². The van der Waals surface area contributed by atoms with Crippen LogP contribution in [0.2, 0.25) is 0 Å². The average molecular weight is 318 g/mol. The molecular weight excluding hydrogens is 288 g/mol. The van der Waals surface area contributed by atoms with Crippen LogP contribution < -0.4 is 0 Å². The fraction of sp³-hybridized carbons (Fsp3) is 0.867. The molecule has 0 aromatic rings. The molecule has 0 N–H and O–H groups in total. The lowest BCUT2D eigenvalue weighted by molar-refractivity contribution is 0.0655. The number of rotatable bonds is 10. The summed E-state index contributed by atoms with van der Waals surface area (Å²) in [7, 11) is -1.17. The largest absolute Gasteiger partial charge is 0.381 e. The summed E-state index contributed by atoms with van der Waals surface area (Å²) in [5.41, 5.74) is 0. The lowest BCUT2D eigenvalue weighted by Gasteiger charge is -2.26. The van der Waals surface area contributed by atoms with Gasteiger partial charge in [-0.3, -0.25) is 0 Å². The van der Waals surface area contributed by atoms with Crippen molar-refractivity contribution in [1.82, 2.24) is 9.21 Å². The van der Waals surface area contributed by atoms with Crippen LogP contribution in [0, 0.1) is 5.92 Å². The summed E-state index contributed by atoms with van der Waals surface area (Å²) in [5, 5.41) is 0. The van der Waals surface area contributed by atoms with Crippen LogP contribution in [0.5, 0.6) is 0 Å². The van der Waals surface area contributed by atoms with E-state index in [1.807, 2.05) is 20.0 Å². The van der Waals surface area contributed by atoms with E-state index in [-0.39, 0.29) is 5.75 Å². The van der Waals surface area contributed by atoms with Crippen LogP contribution in [0.1, 0.15) is 26.2 Å². The Labute approximate surface area is 130 Å². The number of ether oxygens (including phenoxy) is 1. The maximum absolute atomic E-state index is 12.4. The van der Waals surface area contributed by atoms with Gasteiger partial charge in [-0.25, -0.2) is 12.7 Å². The molecule has 0 spiro atoms. The molecule has 1 aliphatic rings. The predicted octanol–water partition coefficient (Wildman–Crippen LogP) is 1.57. The van der Waals surface area contributed by atoms with E-state index in [9.17, 15) is 8.42 Å². The molecule has 0 aromatic heterocycles. The Morgan fingerprint density at radius 1 is 1.29 bits per heavy atom. The van der Waals surface area contributed by atoms with Crippen LogP contribution in [0.15, 0.2) is 12.7 Å². The van der Waals surface area contributed by atoms with Crippen LogP contribution in [0.3, 0.4) is 0 Å². The van der Waals surface area contributed by atoms with Crippen molar-refractivity contribution in [2.24, 2.45) is 5.92 Å². The summed E-state index contributed by atoms with van der Waals surface area (Å²) in [6, 6.07) is 0. The third kappa shape index (κ3) is 6.91. The van der Waals surface area contributed by atoms with Gasteiger partial charge in [0.25, 0.3) is 0 Å². The molecular formula is C15H30N2O3S. The second-order valence-corrected chi connectivity index (χ2v) is 7.79. The molecule has 0 radical (unpaired) electrons. The monoisotopic (exact) mass is 318 g/mol. The summed E-state index contributed by atoms with van der Waals surface area (Å²) in [6.07, 6.45) is 4.56. The van der Waals surface area contributed by atoms with Crippen molar-refractivity contribution in [3.63, 3.8) is 0 Å². The molecule has 0 saturated carbocycles. The highest BCUT2D eigenvalue weighted by molar-refractivity contribution is 7.89. The van der Waals surface area contributed by atoms with Gasteiger partial charge < -0.3 is 9.64 Å². The topological polar surface area (TPSA) is 49.9 Å². The molecule has 1 aliphatic heterocycles. The lowest BCUT2D eigenvalue weighted by atomic mass is 9.98. The van der Waals surface area contributed by atoms with Crippen molar-refractivity contribution in [3.05, 3.63) is 12.7 Å². The minimum absolute atomic E-state index is 0.261. The zero-order chi connectivity index (χ0) is 15.7. The van der Waals surface area contributed by atoms with Gasteiger partial charge in [0.1, 0.15) is 0 Å². The average Bonchev–Trinajstić information content (AvgIpc) is 2.47. The number of hydrogen-bond acceptors (Lipinski definition) is 4. The second-order valence-electron chi connectivity index (χ2n) is 5.70. The maximum Gasteiger partial charge on any atom is 0.214 e. The Kier molecular flexibility index (Phi) is 8.48. The van der Waals surface area contributed by atoms with Crippen molar-refractivity contribution in [3.8, 4) is 0 Å². The van der Waals surface area contributed by atoms with E-state index in [0.29, 0.717) is 19.0 Å². The second kappa shape index (κ2) is 9.56. The van der Waals surface area contributed by atoms with Gasteiger partial charge >= 0.3 is 0 Å². The number of hydrogen-bond donors (Lipinski definition) is 0. The molecule has 1 rings (SSSR count). The summed E-state index contributed by atoms with van der Waals surface area (Å²) in [6.45, 7) is 9.74. The SMILES string of the molecule is C=CCN(C)CCN(CC)S(=O)(=O)CCC1CCOCC1. The number of nitrogens with zero attached hydrogens (tertiary/aromatic N) is 2. The lowest BCUT2D eigenvalue weighted by Crippen LogP contribution is -2.39. The molecule has 6 heteroatoms. The van der Waals surface area contributed by atoms with Gasteiger partial charge in [0.05, 0.1) is 5.75 Å². The summed E-state index contributed by atoms with van der Waals surface area (Å²) in [4.78, 5) is 2.07. The van der Waals surface area contributed by atoms with Crippen LogP contribution in [0.4, 0.5) is 0 Å². The molecule has 21 heavy (non-hydrogen) atoms. The van der Waals surface area contributed by atoms with Gasteiger partial charge in [0, 0.05) is 39.4 Å². The van der Waals surface area contributed by atoms with Gasteiger partial charge in [-0.1, -0.05) is 13.0 Å². The van der Waals surface area contributed by atoms with E-state index in [0.717, 1.165) is 45.6 Å². The third-order valence-electron chi connectivity index (χ3n) is 4.04. The molecule has 1 saturated heterocycles. The van der Waals surface area contributed by atoms with Gasteiger partial charge in [0.2, 0.25) is 10.0 Å². The first kappa shape index (κ1) is 18.6. The fourth-order valence-corrected chi connectivity index (χ4v) is 4.21. The van der Waals surface area contributed by atoms with Gasteiger partial charge in [-0.05, 0) is 32.2 Å². The van der Waals surface area contributed by atoms with Crippen LogP contribution in [-0.2, 0) is 14.8 Å². The zero-order valence-corrected chi connectivity index (χ0v) is 14.3. The Morgan fingerprint density at radius 3 is 2.52 bits per heavy atom. The summed E-state index contributed by atoms with van der Waals surface area (Å²) in [5.74, 6) is 0.757. The number of sulfonamides is 1. The normalized spacial score (nSPS) is 17.5. The van der Waals surface area contributed by atoms with Crippen LogP contribution >= 0.6 is 0 Å². The van der Waals surface area contributed by atoms with E-state index in [2.05, 4.69) is 11.5 Å². The van der Waals surface area contributed by atoms with E-state index in [1.54, 1.807) is 4.31 Å². The van der Waals surface area contributed by atoms with Crippen LogP contribution in [-0.4, -0.2) is 69.8 Å². The van der Waals surface area contributed by atoms with Gasteiger partial charge in [-0.2, -0.15) is 0 Å². The third-order valence-corrected chi connectivity index (χ3v) is 6.02. The summed E-state index contributed by atoms with van der Waals surface area (Å²) < 4.78 is 31.8. The molecule has 1 heterocycles. The van der Waals surface area contributed by atoms with Crippen molar-refractivity contribution < 1.29 is 13.2 Å². The minimum atomic E-state index is -3.14. The predicted molar refractivity (Wildman–Crippen MR) is 86.9 cm³/mol. The van der Waals surface area contributed by atoms with E-state index in [4.69, 9.17) is 4.74 Å². The Bertz CT molecular complexity index is 392. The first-order valence-corrected chi connectivity index (χ1v) is 9.45. The minimum Gasteiger partial charge on any atom is -0.381 e. The van der Waals surface area contributed by atoms with Gasteiger partial charge in [0.15, 0.2) is 0 Å². The van der Waals surface area contributed by atoms with Crippen LogP contribution in [0.25, 0.3) is 0 Å². The van der Waals surface area contributed by atoms with Crippen molar-refractivity contribution >= 4 is 10.0 Å². The molecule has 0 bridgehead atoms. The molecule has 0 unspecified atom stereocenters. The van der Waals surface area contributed by atoms with E-state index in [1.165, 1.54) is 0 Å².